The highest BCUT2D eigenvalue weighted by Crippen LogP contribution is 2.10. The lowest BCUT2D eigenvalue weighted by Crippen LogP contribution is -2.47. The van der Waals surface area contributed by atoms with Gasteiger partial charge in [0, 0.05) is 24.9 Å². The van der Waals surface area contributed by atoms with Crippen LogP contribution < -0.4 is 16.4 Å². The minimum Gasteiger partial charge on any atom is -0.370 e. The minimum atomic E-state index is -0.953. The molecule has 0 aliphatic rings. The molecule has 1 atom stereocenters. The summed E-state index contributed by atoms with van der Waals surface area (Å²) < 4.78 is 13.0. The lowest BCUT2D eigenvalue weighted by Gasteiger charge is -2.18. The number of para-hydroxylation sites is 2. The van der Waals surface area contributed by atoms with Crippen molar-refractivity contribution < 1.29 is 18.8 Å². The van der Waals surface area contributed by atoms with Crippen LogP contribution in [-0.4, -0.2) is 40.3 Å². The van der Waals surface area contributed by atoms with Crippen molar-refractivity contribution in [3.63, 3.8) is 0 Å². The van der Waals surface area contributed by atoms with E-state index in [1.165, 1.54) is 12.1 Å². The van der Waals surface area contributed by atoms with Gasteiger partial charge in [-0.15, -0.1) is 0 Å². The second-order valence-corrected chi connectivity index (χ2v) is 6.78. The van der Waals surface area contributed by atoms with Gasteiger partial charge < -0.3 is 21.4 Å². The van der Waals surface area contributed by atoms with E-state index in [1.807, 2.05) is 24.3 Å². The fourth-order valence-corrected chi connectivity index (χ4v) is 2.95. The van der Waals surface area contributed by atoms with E-state index in [0.717, 1.165) is 29.0 Å². The van der Waals surface area contributed by atoms with Crippen molar-refractivity contribution in [3.8, 4) is 0 Å². The number of halogens is 1. The summed E-state index contributed by atoms with van der Waals surface area (Å²) in [4.78, 5) is 43.7. The number of primary amides is 1. The number of carbonyl (C=O) groups excluding carboxylic acids is 3. The van der Waals surface area contributed by atoms with E-state index in [4.69, 9.17) is 5.73 Å². The predicted molar refractivity (Wildman–Crippen MR) is 109 cm³/mol. The topological polar surface area (TPSA) is 130 Å². The first-order valence-electron chi connectivity index (χ1n) is 9.48. The number of imidazole rings is 1. The molecule has 1 heterocycles. The average Bonchev–Trinajstić information content (AvgIpc) is 3.14. The third kappa shape index (κ3) is 5.63. The van der Waals surface area contributed by atoms with Crippen LogP contribution in [0.15, 0.2) is 48.5 Å². The summed E-state index contributed by atoms with van der Waals surface area (Å²) in [6.07, 6.45) is 0.457. The Morgan fingerprint density at radius 3 is 2.53 bits per heavy atom. The molecule has 0 aliphatic carbocycles. The third-order valence-corrected chi connectivity index (χ3v) is 4.51. The van der Waals surface area contributed by atoms with E-state index < -0.39 is 29.6 Å². The van der Waals surface area contributed by atoms with Crippen molar-refractivity contribution in [3.05, 3.63) is 65.7 Å². The third-order valence-electron chi connectivity index (χ3n) is 4.51. The van der Waals surface area contributed by atoms with Crippen LogP contribution in [0, 0.1) is 5.82 Å². The molecular weight excluding hydrogens is 389 g/mol. The molecule has 0 saturated heterocycles. The van der Waals surface area contributed by atoms with Crippen LogP contribution in [0.5, 0.6) is 0 Å². The zero-order valence-electron chi connectivity index (χ0n) is 16.2. The summed E-state index contributed by atoms with van der Waals surface area (Å²) >= 11 is 0. The standard InChI is InChI=1S/C21H22FN5O3/c22-14-7-5-13(6-8-14)20(29)27-17(9-10-18(23)28)21(30)24-12-11-19-25-15-3-1-2-4-16(15)26-19/h1-8,17H,9-12H2,(H2,23,28)(H,24,30)(H,25,26)(H,27,29)/t17-/m1/s1. The number of nitrogens with zero attached hydrogens (tertiary/aromatic N) is 1. The lowest BCUT2D eigenvalue weighted by molar-refractivity contribution is -0.123. The summed E-state index contributed by atoms with van der Waals surface area (Å²) in [5, 5.41) is 5.31. The van der Waals surface area contributed by atoms with Gasteiger partial charge in [0.15, 0.2) is 0 Å². The van der Waals surface area contributed by atoms with Gasteiger partial charge in [0.1, 0.15) is 17.7 Å². The number of benzene rings is 2. The summed E-state index contributed by atoms with van der Waals surface area (Å²) in [7, 11) is 0. The smallest absolute Gasteiger partial charge is 0.251 e. The molecular formula is C21H22FN5O3. The Bertz CT molecular complexity index is 1020. The van der Waals surface area contributed by atoms with E-state index in [0.29, 0.717) is 6.42 Å². The monoisotopic (exact) mass is 411 g/mol. The number of fused-ring (bicyclic) bond motifs is 1. The molecule has 156 valence electrons. The Kier molecular flexibility index (Phi) is 6.74. The maximum Gasteiger partial charge on any atom is 0.251 e. The molecule has 0 unspecified atom stereocenters. The van der Waals surface area contributed by atoms with E-state index in [-0.39, 0.29) is 24.9 Å². The van der Waals surface area contributed by atoms with Gasteiger partial charge in [0.25, 0.3) is 5.91 Å². The predicted octanol–water partition coefficient (Wildman–Crippen LogP) is 1.42. The number of H-pyrrole nitrogens is 1. The number of carbonyl (C=O) groups is 3. The molecule has 3 aromatic rings. The normalized spacial score (nSPS) is 11.8. The van der Waals surface area contributed by atoms with Crippen LogP contribution in [0.3, 0.4) is 0 Å². The Morgan fingerprint density at radius 2 is 1.83 bits per heavy atom. The van der Waals surface area contributed by atoms with E-state index in [2.05, 4.69) is 20.6 Å². The molecule has 8 nitrogen and oxygen atoms in total. The first-order valence-corrected chi connectivity index (χ1v) is 9.48. The number of amides is 3. The van der Waals surface area contributed by atoms with Gasteiger partial charge in [-0.1, -0.05) is 12.1 Å². The van der Waals surface area contributed by atoms with Gasteiger partial charge in [-0.3, -0.25) is 14.4 Å². The van der Waals surface area contributed by atoms with Crippen molar-refractivity contribution >= 4 is 28.8 Å². The molecule has 0 radical (unpaired) electrons. The molecule has 0 spiro atoms. The zero-order valence-corrected chi connectivity index (χ0v) is 16.2. The molecule has 3 amide bonds. The first-order chi connectivity index (χ1) is 14.4. The van der Waals surface area contributed by atoms with Crippen molar-refractivity contribution in [2.24, 2.45) is 5.73 Å². The second kappa shape index (κ2) is 9.64. The van der Waals surface area contributed by atoms with Gasteiger partial charge in [-0.05, 0) is 42.8 Å². The van der Waals surface area contributed by atoms with Crippen LogP contribution >= 0.6 is 0 Å². The summed E-state index contributed by atoms with van der Waals surface area (Å²) in [6, 6.07) is 11.6. The van der Waals surface area contributed by atoms with Crippen molar-refractivity contribution in [2.45, 2.75) is 25.3 Å². The highest BCUT2D eigenvalue weighted by Gasteiger charge is 2.22. The molecule has 9 heteroatoms. The van der Waals surface area contributed by atoms with Crippen molar-refractivity contribution in [2.75, 3.05) is 6.54 Å². The van der Waals surface area contributed by atoms with Gasteiger partial charge in [0.05, 0.1) is 11.0 Å². The zero-order chi connectivity index (χ0) is 21.5. The van der Waals surface area contributed by atoms with Crippen LogP contribution in [0.2, 0.25) is 0 Å². The molecule has 3 rings (SSSR count). The summed E-state index contributed by atoms with van der Waals surface area (Å²) in [5.74, 6) is -1.31. The highest BCUT2D eigenvalue weighted by molar-refractivity contribution is 5.97. The van der Waals surface area contributed by atoms with Crippen LogP contribution in [0.4, 0.5) is 4.39 Å². The van der Waals surface area contributed by atoms with Crippen LogP contribution in [0.1, 0.15) is 29.0 Å². The summed E-state index contributed by atoms with van der Waals surface area (Å²) in [5.41, 5.74) is 7.12. The number of hydrogen-bond acceptors (Lipinski definition) is 4. The quantitative estimate of drug-likeness (QED) is 0.424. The fraction of sp³-hybridized carbons (Fsp3) is 0.238. The number of nitrogens with two attached hydrogens (primary N) is 1. The van der Waals surface area contributed by atoms with E-state index >= 15 is 0 Å². The molecule has 0 saturated carbocycles. The van der Waals surface area contributed by atoms with E-state index in [1.54, 1.807) is 0 Å². The molecule has 0 fully saturated rings. The maximum absolute atomic E-state index is 13.0. The second-order valence-electron chi connectivity index (χ2n) is 6.78. The minimum absolute atomic E-state index is 0.0543. The molecule has 0 bridgehead atoms. The number of hydrogen-bond donors (Lipinski definition) is 4. The van der Waals surface area contributed by atoms with Crippen molar-refractivity contribution in [1.29, 1.82) is 0 Å². The van der Waals surface area contributed by atoms with Gasteiger partial charge >= 0.3 is 0 Å². The Morgan fingerprint density at radius 1 is 1.10 bits per heavy atom. The molecule has 2 aromatic carbocycles. The van der Waals surface area contributed by atoms with Gasteiger partial charge in [-0.2, -0.15) is 0 Å². The van der Waals surface area contributed by atoms with Gasteiger partial charge in [-0.25, -0.2) is 9.37 Å². The molecule has 0 aliphatic heterocycles. The number of aromatic amines is 1. The SMILES string of the molecule is NC(=O)CC[C@@H](NC(=O)c1ccc(F)cc1)C(=O)NCCc1nc2ccccc2[nH]1. The Labute approximate surface area is 172 Å². The first kappa shape index (κ1) is 21.0. The summed E-state index contributed by atoms with van der Waals surface area (Å²) in [6.45, 7) is 0.290. The lowest BCUT2D eigenvalue weighted by atomic mass is 10.1. The maximum atomic E-state index is 13.0. The largest absolute Gasteiger partial charge is 0.370 e. The van der Waals surface area contributed by atoms with Crippen LogP contribution in [0.25, 0.3) is 11.0 Å². The fourth-order valence-electron chi connectivity index (χ4n) is 2.95. The van der Waals surface area contributed by atoms with E-state index in [9.17, 15) is 18.8 Å². The number of rotatable bonds is 9. The molecule has 1 aromatic heterocycles. The Balaban J connectivity index is 1.58. The Hall–Kier alpha value is -3.75. The molecule has 5 N–H and O–H groups in total. The van der Waals surface area contributed by atoms with Gasteiger partial charge in [0.2, 0.25) is 11.8 Å². The highest BCUT2D eigenvalue weighted by atomic mass is 19.1. The van der Waals surface area contributed by atoms with Crippen LogP contribution in [-0.2, 0) is 16.0 Å². The number of aromatic nitrogens is 2. The average molecular weight is 411 g/mol. The molecule has 30 heavy (non-hydrogen) atoms. The number of nitrogens with one attached hydrogen (secondary N) is 3. The van der Waals surface area contributed by atoms with Crippen molar-refractivity contribution in [1.82, 2.24) is 20.6 Å².